The third-order valence-corrected chi connectivity index (χ3v) is 4.21. The molecule has 1 aliphatic heterocycles. The molecule has 0 saturated carbocycles. The average molecular weight is 273 g/mol. The van der Waals surface area contributed by atoms with Crippen LogP contribution in [0.2, 0.25) is 0 Å². The van der Waals surface area contributed by atoms with Crippen molar-refractivity contribution in [3.05, 3.63) is 35.4 Å². The number of aryl methyl sites for hydroxylation is 1. The van der Waals surface area contributed by atoms with Crippen molar-refractivity contribution in [3.8, 4) is 0 Å². The molecule has 110 valence electrons. The number of carbonyl (C=O) groups excluding carboxylic acids is 1. The van der Waals surface area contributed by atoms with Crippen molar-refractivity contribution in [3.63, 3.8) is 0 Å². The average Bonchev–Trinajstić information content (AvgIpc) is 2.46. The fraction of sp³-hybridized carbons (Fsp3) is 0.611. The number of nitrogens with zero attached hydrogens (tertiary/aromatic N) is 1. The Hall–Kier alpha value is -1.31. The summed E-state index contributed by atoms with van der Waals surface area (Å²) in [5, 5.41) is 0. The van der Waals surface area contributed by atoms with Crippen molar-refractivity contribution in [1.82, 2.24) is 4.90 Å². The number of hydrogen-bond donors (Lipinski definition) is 0. The van der Waals surface area contributed by atoms with Gasteiger partial charge in [-0.05, 0) is 42.7 Å². The van der Waals surface area contributed by atoms with Crippen LogP contribution in [0, 0.1) is 5.92 Å². The van der Waals surface area contributed by atoms with E-state index in [1.807, 2.05) is 4.90 Å². The van der Waals surface area contributed by atoms with Gasteiger partial charge in [0.1, 0.15) is 0 Å². The molecular weight excluding hydrogens is 246 g/mol. The van der Waals surface area contributed by atoms with Crippen LogP contribution in [-0.2, 0) is 17.6 Å². The highest BCUT2D eigenvalue weighted by atomic mass is 16.2. The van der Waals surface area contributed by atoms with Crippen molar-refractivity contribution >= 4 is 5.91 Å². The van der Waals surface area contributed by atoms with Crippen molar-refractivity contribution in [2.24, 2.45) is 5.92 Å². The first-order valence-corrected chi connectivity index (χ1v) is 8.04. The molecule has 0 spiro atoms. The first kappa shape index (κ1) is 15.1. The second-order valence-electron chi connectivity index (χ2n) is 6.18. The minimum absolute atomic E-state index is 0.290. The highest BCUT2D eigenvalue weighted by molar-refractivity contribution is 5.78. The quantitative estimate of drug-likeness (QED) is 0.798. The number of rotatable bonds is 5. The molecule has 1 amide bonds. The van der Waals surface area contributed by atoms with Crippen LogP contribution < -0.4 is 0 Å². The van der Waals surface area contributed by atoms with Gasteiger partial charge < -0.3 is 4.90 Å². The van der Waals surface area contributed by atoms with E-state index in [9.17, 15) is 4.79 Å². The van der Waals surface area contributed by atoms with Crippen LogP contribution in [0.1, 0.15) is 50.7 Å². The van der Waals surface area contributed by atoms with Gasteiger partial charge in [-0.25, -0.2) is 0 Å². The van der Waals surface area contributed by atoms with Crippen LogP contribution in [0.5, 0.6) is 0 Å². The Morgan fingerprint density at radius 3 is 2.60 bits per heavy atom. The summed E-state index contributed by atoms with van der Waals surface area (Å²) in [4.78, 5) is 14.3. The molecule has 0 N–H and O–H groups in total. The first-order chi connectivity index (χ1) is 9.69. The Morgan fingerprint density at radius 1 is 1.25 bits per heavy atom. The van der Waals surface area contributed by atoms with E-state index in [0.717, 1.165) is 31.5 Å². The lowest BCUT2D eigenvalue weighted by molar-refractivity contribution is -0.132. The van der Waals surface area contributed by atoms with Gasteiger partial charge in [0.2, 0.25) is 5.91 Å². The van der Waals surface area contributed by atoms with E-state index < -0.39 is 0 Å². The molecule has 2 nitrogen and oxygen atoms in total. The SMILES string of the molecule is CCCCc1ccc(CC(=O)N2CCCC(C)C2)cc1. The monoisotopic (exact) mass is 273 g/mol. The standard InChI is InChI=1S/C18H27NO/c1-3-4-7-16-8-10-17(11-9-16)13-18(20)19-12-5-6-15(2)14-19/h8-11,15H,3-7,12-14H2,1-2H3. The highest BCUT2D eigenvalue weighted by Crippen LogP contribution is 2.17. The van der Waals surface area contributed by atoms with Crippen LogP contribution in [0.4, 0.5) is 0 Å². The molecule has 0 bridgehead atoms. The van der Waals surface area contributed by atoms with Gasteiger partial charge in [0.15, 0.2) is 0 Å². The second kappa shape index (κ2) is 7.47. The molecule has 2 rings (SSSR count). The van der Waals surface area contributed by atoms with E-state index in [0.29, 0.717) is 12.3 Å². The van der Waals surface area contributed by atoms with Gasteiger partial charge in [0, 0.05) is 13.1 Å². The first-order valence-electron chi connectivity index (χ1n) is 8.04. The number of piperidine rings is 1. The summed E-state index contributed by atoms with van der Waals surface area (Å²) in [7, 11) is 0. The molecule has 1 aromatic rings. The molecule has 2 heteroatoms. The normalized spacial score (nSPS) is 19.1. The maximum absolute atomic E-state index is 12.3. The molecule has 20 heavy (non-hydrogen) atoms. The Morgan fingerprint density at radius 2 is 1.95 bits per heavy atom. The molecule has 1 heterocycles. The maximum Gasteiger partial charge on any atom is 0.226 e. The predicted molar refractivity (Wildman–Crippen MR) is 83.7 cm³/mol. The number of benzene rings is 1. The van der Waals surface area contributed by atoms with Gasteiger partial charge in [-0.15, -0.1) is 0 Å². The van der Waals surface area contributed by atoms with Gasteiger partial charge in [0.05, 0.1) is 6.42 Å². The van der Waals surface area contributed by atoms with Crippen LogP contribution in [0.15, 0.2) is 24.3 Å². The van der Waals surface area contributed by atoms with E-state index in [1.165, 1.54) is 24.8 Å². The van der Waals surface area contributed by atoms with Gasteiger partial charge in [0.25, 0.3) is 0 Å². The third-order valence-electron chi connectivity index (χ3n) is 4.21. The van der Waals surface area contributed by atoms with E-state index in [2.05, 4.69) is 38.1 Å². The largest absolute Gasteiger partial charge is 0.342 e. The topological polar surface area (TPSA) is 20.3 Å². The fourth-order valence-corrected chi connectivity index (χ4v) is 2.91. The molecule has 1 fully saturated rings. The zero-order valence-electron chi connectivity index (χ0n) is 12.9. The Balaban J connectivity index is 1.87. The number of carbonyl (C=O) groups is 1. The Labute approximate surface area is 123 Å². The predicted octanol–water partition coefficient (Wildman–Crippen LogP) is 3.83. The molecule has 1 atom stereocenters. The second-order valence-corrected chi connectivity index (χ2v) is 6.18. The molecule has 1 aliphatic rings. The van der Waals surface area contributed by atoms with Crippen molar-refractivity contribution in [2.75, 3.05) is 13.1 Å². The van der Waals surface area contributed by atoms with Gasteiger partial charge in [-0.2, -0.15) is 0 Å². The zero-order valence-corrected chi connectivity index (χ0v) is 12.9. The summed E-state index contributed by atoms with van der Waals surface area (Å²) in [6.45, 7) is 6.33. The van der Waals surface area contributed by atoms with Crippen LogP contribution in [0.3, 0.4) is 0 Å². The van der Waals surface area contributed by atoms with Gasteiger partial charge in [-0.3, -0.25) is 4.79 Å². The summed E-state index contributed by atoms with van der Waals surface area (Å²) in [5.41, 5.74) is 2.53. The number of unbranched alkanes of at least 4 members (excludes halogenated alkanes) is 1. The van der Waals surface area contributed by atoms with Crippen molar-refractivity contribution in [2.45, 2.75) is 52.4 Å². The molecule has 0 aliphatic carbocycles. The smallest absolute Gasteiger partial charge is 0.226 e. The molecule has 1 aromatic carbocycles. The Kier molecular flexibility index (Phi) is 5.63. The highest BCUT2D eigenvalue weighted by Gasteiger charge is 2.20. The third kappa shape index (κ3) is 4.36. The lowest BCUT2D eigenvalue weighted by Crippen LogP contribution is -2.39. The molecule has 1 saturated heterocycles. The van der Waals surface area contributed by atoms with Crippen LogP contribution in [0.25, 0.3) is 0 Å². The van der Waals surface area contributed by atoms with Gasteiger partial charge >= 0.3 is 0 Å². The minimum Gasteiger partial charge on any atom is -0.342 e. The Bertz CT molecular complexity index is 424. The fourth-order valence-electron chi connectivity index (χ4n) is 2.91. The van der Waals surface area contributed by atoms with Crippen LogP contribution >= 0.6 is 0 Å². The van der Waals surface area contributed by atoms with Gasteiger partial charge in [-0.1, -0.05) is 44.5 Å². The lowest BCUT2D eigenvalue weighted by atomic mass is 9.99. The van der Waals surface area contributed by atoms with Crippen molar-refractivity contribution in [1.29, 1.82) is 0 Å². The lowest BCUT2D eigenvalue weighted by Gasteiger charge is -2.31. The minimum atomic E-state index is 0.290. The number of likely N-dealkylation sites (tertiary alicyclic amines) is 1. The molecule has 0 radical (unpaired) electrons. The summed E-state index contributed by atoms with van der Waals surface area (Å²) in [6.07, 6.45) is 6.59. The van der Waals surface area contributed by atoms with Crippen LogP contribution in [-0.4, -0.2) is 23.9 Å². The summed E-state index contributed by atoms with van der Waals surface area (Å²) < 4.78 is 0. The summed E-state index contributed by atoms with van der Waals surface area (Å²) >= 11 is 0. The number of amides is 1. The maximum atomic E-state index is 12.3. The summed E-state index contributed by atoms with van der Waals surface area (Å²) in [5.74, 6) is 0.946. The molecular formula is C18H27NO. The number of hydrogen-bond acceptors (Lipinski definition) is 1. The van der Waals surface area contributed by atoms with Crippen molar-refractivity contribution < 1.29 is 4.79 Å². The zero-order chi connectivity index (χ0) is 14.4. The van der Waals surface area contributed by atoms with E-state index in [4.69, 9.17) is 0 Å². The van der Waals surface area contributed by atoms with E-state index in [-0.39, 0.29) is 5.91 Å². The molecule has 0 aromatic heterocycles. The van der Waals surface area contributed by atoms with E-state index in [1.54, 1.807) is 0 Å². The summed E-state index contributed by atoms with van der Waals surface area (Å²) in [6, 6.07) is 8.60. The van der Waals surface area contributed by atoms with E-state index >= 15 is 0 Å². The molecule has 1 unspecified atom stereocenters.